The van der Waals surface area contributed by atoms with E-state index in [0.29, 0.717) is 5.56 Å². The molecular formula is C15H16N2O4S. The third kappa shape index (κ3) is 3.82. The van der Waals surface area contributed by atoms with Crippen molar-refractivity contribution in [3.05, 3.63) is 56.6 Å². The van der Waals surface area contributed by atoms with Crippen molar-refractivity contribution in [2.45, 2.75) is 26.0 Å². The summed E-state index contributed by atoms with van der Waals surface area (Å²) < 4.78 is 6.64. The first-order valence-corrected chi connectivity index (χ1v) is 7.55. The molecule has 0 bridgehead atoms. The Morgan fingerprint density at radius 1 is 1.32 bits per heavy atom. The lowest BCUT2D eigenvalue weighted by molar-refractivity contribution is -0.155. The fourth-order valence-corrected chi connectivity index (χ4v) is 2.75. The first kappa shape index (κ1) is 16.0. The van der Waals surface area contributed by atoms with Crippen molar-refractivity contribution >= 4 is 23.2 Å². The van der Waals surface area contributed by atoms with Crippen LogP contribution in [-0.2, 0) is 20.9 Å². The Balaban J connectivity index is 2.01. The average Bonchev–Trinajstić information content (AvgIpc) is 2.82. The van der Waals surface area contributed by atoms with Crippen LogP contribution in [0.15, 0.2) is 40.5 Å². The number of aromatic nitrogens is 1. The van der Waals surface area contributed by atoms with E-state index < -0.39 is 18.0 Å². The van der Waals surface area contributed by atoms with Crippen LogP contribution in [-0.4, -0.2) is 16.4 Å². The molecule has 0 unspecified atom stereocenters. The van der Waals surface area contributed by atoms with Crippen LogP contribution in [0.5, 0.6) is 0 Å². The molecule has 22 heavy (non-hydrogen) atoms. The van der Waals surface area contributed by atoms with Gasteiger partial charge in [-0.2, -0.15) is 0 Å². The van der Waals surface area contributed by atoms with E-state index in [4.69, 9.17) is 10.5 Å². The van der Waals surface area contributed by atoms with Crippen LogP contribution in [0.3, 0.4) is 0 Å². The SMILES string of the molecule is Cc1csc(=O)n1CCC(=O)O[C@H](C(N)=O)c1ccccc1. The molecule has 0 saturated carbocycles. The summed E-state index contributed by atoms with van der Waals surface area (Å²) >= 11 is 1.08. The molecule has 0 aliphatic carbocycles. The lowest BCUT2D eigenvalue weighted by atomic mass is 10.1. The lowest BCUT2D eigenvalue weighted by Gasteiger charge is -2.15. The van der Waals surface area contributed by atoms with E-state index in [2.05, 4.69) is 0 Å². The van der Waals surface area contributed by atoms with Gasteiger partial charge in [0.1, 0.15) is 0 Å². The van der Waals surface area contributed by atoms with Gasteiger partial charge in [0.15, 0.2) is 0 Å². The normalized spacial score (nSPS) is 11.9. The third-order valence-electron chi connectivity index (χ3n) is 3.13. The van der Waals surface area contributed by atoms with E-state index >= 15 is 0 Å². The minimum atomic E-state index is -1.12. The Bertz CT molecular complexity index is 721. The van der Waals surface area contributed by atoms with Crippen LogP contribution in [0.4, 0.5) is 0 Å². The molecule has 0 radical (unpaired) electrons. The number of hydrogen-bond donors (Lipinski definition) is 1. The smallest absolute Gasteiger partial charge is 0.308 e. The van der Waals surface area contributed by atoms with Gasteiger partial charge in [-0.15, -0.1) is 0 Å². The largest absolute Gasteiger partial charge is 0.447 e. The number of primary amides is 1. The topological polar surface area (TPSA) is 91.4 Å². The van der Waals surface area contributed by atoms with E-state index in [1.807, 2.05) is 0 Å². The summed E-state index contributed by atoms with van der Waals surface area (Å²) in [6.45, 7) is 2.01. The van der Waals surface area contributed by atoms with Crippen molar-refractivity contribution in [1.82, 2.24) is 4.57 Å². The van der Waals surface area contributed by atoms with Crippen molar-refractivity contribution in [2.24, 2.45) is 5.73 Å². The average molecular weight is 320 g/mol. The van der Waals surface area contributed by atoms with Crippen LogP contribution < -0.4 is 10.6 Å². The Kier molecular flexibility index (Phi) is 5.11. The molecule has 0 aliphatic heterocycles. The fraction of sp³-hybridized carbons (Fsp3) is 0.267. The zero-order chi connectivity index (χ0) is 16.1. The number of benzene rings is 1. The molecule has 6 nitrogen and oxygen atoms in total. The number of esters is 1. The third-order valence-corrected chi connectivity index (χ3v) is 4.01. The second-order valence-corrected chi connectivity index (χ2v) is 5.55. The molecule has 1 amide bonds. The molecule has 1 aromatic carbocycles. The van der Waals surface area contributed by atoms with Crippen molar-refractivity contribution in [1.29, 1.82) is 0 Å². The first-order valence-electron chi connectivity index (χ1n) is 6.67. The molecule has 0 spiro atoms. The van der Waals surface area contributed by atoms with E-state index in [1.165, 1.54) is 4.57 Å². The molecule has 0 saturated heterocycles. The van der Waals surface area contributed by atoms with Crippen LogP contribution in [0.1, 0.15) is 23.8 Å². The summed E-state index contributed by atoms with van der Waals surface area (Å²) in [7, 11) is 0. The van der Waals surface area contributed by atoms with Crippen molar-refractivity contribution in [2.75, 3.05) is 0 Å². The standard InChI is InChI=1S/C15H16N2O4S/c1-10-9-22-15(20)17(10)8-7-12(18)21-13(14(16)19)11-5-3-2-4-6-11/h2-6,9,13H,7-8H2,1H3,(H2,16,19)/t13-/m0/s1. The quantitative estimate of drug-likeness (QED) is 0.814. The van der Waals surface area contributed by atoms with E-state index in [-0.39, 0.29) is 17.8 Å². The minimum absolute atomic E-state index is 0.00586. The molecule has 7 heteroatoms. The molecule has 2 rings (SSSR count). The number of carbonyl (C=O) groups excluding carboxylic acids is 2. The second kappa shape index (κ2) is 7.04. The Hall–Kier alpha value is -2.41. The summed E-state index contributed by atoms with van der Waals surface area (Å²) in [5.74, 6) is -1.31. The number of aryl methyl sites for hydroxylation is 1. The number of ether oxygens (including phenoxy) is 1. The summed E-state index contributed by atoms with van der Waals surface area (Å²) in [5, 5.41) is 1.73. The molecule has 2 N–H and O–H groups in total. The molecule has 1 atom stereocenters. The molecular weight excluding hydrogens is 304 g/mol. The first-order chi connectivity index (χ1) is 10.5. The van der Waals surface area contributed by atoms with E-state index in [9.17, 15) is 14.4 Å². The maximum Gasteiger partial charge on any atom is 0.308 e. The lowest BCUT2D eigenvalue weighted by Crippen LogP contribution is -2.27. The molecule has 2 aromatic rings. The predicted octanol–water partition coefficient (Wildman–Crippen LogP) is 1.38. The highest BCUT2D eigenvalue weighted by molar-refractivity contribution is 7.07. The summed E-state index contributed by atoms with van der Waals surface area (Å²) in [4.78, 5) is 34.8. The zero-order valence-electron chi connectivity index (χ0n) is 12.0. The molecule has 1 aromatic heterocycles. The Morgan fingerprint density at radius 2 is 2.00 bits per heavy atom. The monoisotopic (exact) mass is 320 g/mol. The van der Waals surface area contributed by atoms with Crippen molar-refractivity contribution in [3.8, 4) is 0 Å². The van der Waals surface area contributed by atoms with Crippen molar-refractivity contribution in [3.63, 3.8) is 0 Å². The predicted molar refractivity (Wildman–Crippen MR) is 82.4 cm³/mol. The number of carbonyl (C=O) groups is 2. The number of nitrogens with zero attached hydrogens (tertiary/aromatic N) is 1. The maximum atomic E-state index is 11.9. The van der Waals surface area contributed by atoms with E-state index in [1.54, 1.807) is 42.6 Å². The van der Waals surface area contributed by atoms with Gasteiger partial charge in [-0.25, -0.2) is 0 Å². The van der Waals surface area contributed by atoms with Crippen LogP contribution in [0.25, 0.3) is 0 Å². The molecule has 0 fully saturated rings. The molecule has 116 valence electrons. The van der Waals surface area contributed by atoms with E-state index in [0.717, 1.165) is 17.0 Å². The number of thiazole rings is 1. The van der Waals surface area contributed by atoms with Gasteiger partial charge in [0.25, 0.3) is 5.91 Å². The second-order valence-electron chi connectivity index (χ2n) is 4.73. The number of amides is 1. The van der Waals surface area contributed by atoms with Gasteiger partial charge in [-0.05, 0) is 6.92 Å². The molecule has 1 heterocycles. The van der Waals surface area contributed by atoms with Gasteiger partial charge in [0, 0.05) is 23.2 Å². The van der Waals surface area contributed by atoms with Gasteiger partial charge in [0.05, 0.1) is 6.42 Å². The van der Waals surface area contributed by atoms with Gasteiger partial charge in [-0.1, -0.05) is 41.7 Å². The van der Waals surface area contributed by atoms with Gasteiger partial charge >= 0.3 is 10.8 Å². The van der Waals surface area contributed by atoms with Gasteiger partial charge in [-0.3, -0.25) is 14.4 Å². The van der Waals surface area contributed by atoms with Crippen LogP contribution in [0, 0.1) is 6.92 Å². The fourth-order valence-electron chi connectivity index (χ4n) is 1.99. The summed E-state index contributed by atoms with van der Waals surface area (Å²) in [6, 6.07) is 8.57. The summed E-state index contributed by atoms with van der Waals surface area (Å²) in [5.41, 5.74) is 6.60. The molecule has 0 aliphatic rings. The summed E-state index contributed by atoms with van der Waals surface area (Å²) in [6.07, 6.45) is -1.12. The Morgan fingerprint density at radius 3 is 2.55 bits per heavy atom. The number of rotatable bonds is 6. The van der Waals surface area contributed by atoms with Crippen molar-refractivity contribution < 1.29 is 14.3 Å². The van der Waals surface area contributed by atoms with Gasteiger partial charge < -0.3 is 15.0 Å². The maximum absolute atomic E-state index is 11.9. The highest BCUT2D eigenvalue weighted by Crippen LogP contribution is 2.17. The van der Waals surface area contributed by atoms with Crippen LogP contribution >= 0.6 is 11.3 Å². The highest BCUT2D eigenvalue weighted by Gasteiger charge is 2.22. The highest BCUT2D eigenvalue weighted by atomic mass is 32.1. The Labute approximate surface area is 131 Å². The van der Waals surface area contributed by atoms with Crippen LogP contribution in [0.2, 0.25) is 0 Å². The minimum Gasteiger partial charge on any atom is -0.447 e. The number of hydrogen-bond acceptors (Lipinski definition) is 5. The van der Waals surface area contributed by atoms with Gasteiger partial charge in [0.2, 0.25) is 6.10 Å². The zero-order valence-corrected chi connectivity index (χ0v) is 12.8. The number of nitrogens with two attached hydrogens (primary N) is 1.